The van der Waals surface area contributed by atoms with Crippen LogP contribution < -0.4 is 10.6 Å². The molecule has 0 aromatic rings. The standard InChI is InChI=1S/C6H14N2O2/c1-7-4-3-5-8-6(9)10-2/h7H,3-5H2,1-2H3,(H,8,9). The quantitative estimate of drug-likeness (QED) is 0.547. The van der Waals surface area contributed by atoms with E-state index >= 15 is 0 Å². The highest BCUT2D eigenvalue weighted by Gasteiger charge is 1.94. The Balaban J connectivity index is 2.96. The lowest BCUT2D eigenvalue weighted by Gasteiger charge is -2.01. The normalized spacial score (nSPS) is 9.00. The van der Waals surface area contributed by atoms with Gasteiger partial charge in [-0.3, -0.25) is 0 Å². The maximum Gasteiger partial charge on any atom is 0.406 e. The Morgan fingerprint density at radius 3 is 2.70 bits per heavy atom. The van der Waals surface area contributed by atoms with Gasteiger partial charge in [0, 0.05) is 6.54 Å². The Morgan fingerprint density at radius 2 is 2.20 bits per heavy atom. The summed E-state index contributed by atoms with van der Waals surface area (Å²) in [6.45, 7) is 1.57. The van der Waals surface area contributed by atoms with E-state index in [1.807, 2.05) is 7.05 Å². The Morgan fingerprint density at radius 1 is 1.50 bits per heavy atom. The summed E-state index contributed by atoms with van der Waals surface area (Å²) in [7, 11) is 3.23. The molecule has 0 aliphatic carbocycles. The van der Waals surface area contributed by atoms with Gasteiger partial charge >= 0.3 is 6.09 Å². The minimum Gasteiger partial charge on any atom is -0.453 e. The fraction of sp³-hybridized carbons (Fsp3) is 0.833. The third kappa shape index (κ3) is 5.37. The van der Waals surface area contributed by atoms with E-state index in [1.54, 1.807) is 0 Å². The van der Waals surface area contributed by atoms with Crippen LogP contribution in [0.25, 0.3) is 0 Å². The SMILES string of the molecule is CNCCCNC(=O)OC. The molecule has 0 unspecified atom stereocenters. The van der Waals surface area contributed by atoms with Gasteiger partial charge in [0.05, 0.1) is 7.11 Å². The first kappa shape index (κ1) is 9.23. The lowest BCUT2D eigenvalue weighted by Crippen LogP contribution is -2.26. The number of carbonyl (C=O) groups excluding carboxylic acids is 1. The molecule has 0 radical (unpaired) electrons. The number of alkyl carbamates (subject to hydrolysis) is 1. The Bertz CT molecular complexity index is 95.7. The average Bonchev–Trinajstić information content (AvgIpc) is 1.98. The van der Waals surface area contributed by atoms with Gasteiger partial charge in [0.25, 0.3) is 0 Å². The van der Waals surface area contributed by atoms with Crippen LogP contribution in [0.2, 0.25) is 0 Å². The lowest BCUT2D eigenvalue weighted by molar-refractivity contribution is 0.171. The largest absolute Gasteiger partial charge is 0.453 e. The monoisotopic (exact) mass is 146 g/mol. The van der Waals surface area contributed by atoms with Gasteiger partial charge in [-0.25, -0.2) is 4.79 Å². The van der Waals surface area contributed by atoms with E-state index in [0.29, 0.717) is 6.54 Å². The summed E-state index contributed by atoms with van der Waals surface area (Å²) in [6.07, 6.45) is 0.558. The van der Waals surface area contributed by atoms with Crippen LogP contribution in [0.5, 0.6) is 0 Å². The van der Waals surface area contributed by atoms with Crippen molar-refractivity contribution in [1.29, 1.82) is 0 Å². The molecule has 60 valence electrons. The zero-order valence-electron chi connectivity index (χ0n) is 6.44. The smallest absolute Gasteiger partial charge is 0.406 e. The molecule has 0 fully saturated rings. The van der Waals surface area contributed by atoms with Gasteiger partial charge in [-0.15, -0.1) is 0 Å². The van der Waals surface area contributed by atoms with Gasteiger partial charge in [-0.05, 0) is 20.0 Å². The molecule has 1 amide bonds. The molecule has 0 aliphatic rings. The van der Waals surface area contributed by atoms with Gasteiger partial charge in [0.1, 0.15) is 0 Å². The van der Waals surface area contributed by atoms with Crippen molar-refractivity contribution in [2.75, 3.05) is 27.2 Å². The number of ether oxygens (including phenoxy) is 1. The maximum absolute atomic E-state index is 10.4. The minimum absolute atomic E-state index is 0.365. The van der Waals surface area contributed by atoms with Crippen LogP contribution in [0.3, 0.4) is 0 Å². The molecule has 4 nitrogen and oxygen atoms in total. The number of carbonyl (C=O) groups is 1. The van der Waals surface area contributed by atoms with Crippen molar-refractivity contribution in [2.45, 2.75) is 6.42 Å². The maximum atomic E-state index is 10.4. The minimum atomic E-state index is -0.365. The highest BCUT2D eigenvalue weighted by Crippen LogP contribution is 1.74. The molecule has 0 heterocycles. The molecule has 2 N–H and O–H groups in total. The predicted octanol–water partition coefficient (Wildman–Crippen LogP) is -0.0481. The number of methoxy groups -OCH3 is 1. The van der Waals surface area contributed by atoms with Gasteiger partial charge in [-0.1, -0.05) is 0 Å². The Kier molecular flexibility index (Phi) is 5.86. The molecule has 4 heteroatoms. The van der Waals surface area contributed by atoms with E-state index in [1.165, 1.54) is 7.11 Å². The third-order valence-corrected chi connectivity index (χ3v) is 1.06. The Labute approximate surface area is 60.9 Å². The molecule has 0 saturated heterocycles. The molecule has 0 aromatic carbocycles. The van der Waals surface area contributed by atoms with Crippen molar-refractivity contribution in [3.8, 4) is 0 Å². The number of nitrogens with one attached hydrogen (secondary N) is 2. The average molecular weight is 146 g/mol. The molecule has 0 rings (SSSR count). The van der Waals surface area contributed by atoms with E-state index in [9.17, 15) is 4.79 Å². The highest BCUT2D eigenvalue weighted by atomic mass is 16.5. The van der Waals surface area contributed by atoms with Gasteiger partial charge in [0.2, 0.25) is 0 Å². The fourth-order valence-electron chi connectivity index (χ4n) is 0.528. The zero-order valence-corrected chi connectivity index (χ0v) is 6.44. The van der Waals surface area contributed by atoms with Crippen LogP contribution in [0.4, 0.5) is 4.79 Å². The molecule has 0 spiro atoms. The van der Waals surface area contributed by atoms with Gasteiger partial charge in [-0.2, -0.15) is 0 Å². The number of hydrogen-bond donors (Lipinski definition) is 2. The van der Waals surface area contributed by atoms with Crippen molar-refractivity contribution >= 4 is 6.09 Å². The molecule has 0 aliphatic heterocycles. The zero-order chi connectivity index (χ0) is 7.82. The van der Waals surface area contributed by atoms with E-state index in [0.717, 1.165) is 13.0 Å². The van der Waals surface area contributed by atoms with Crippen molar-refractivity contribution in [1.82, 2.24) is 10.6 Å². The first-order chi connectivity index (χ1) is 4.81. The van der Waals surface area contributed by atoms with Crippen LogP contribution in [0.15, 0.2) is 0 Å². The van der Waals surface area contributed by atoms with Crippen LogP contribution in [-0.2, 0) is 4.74 Å². The van der Waals surface area contributed by atoms with Crippen LogP contribution in [-0.4, -0.2) is 33.3 Å². The van der Waals surface area contributed by atoms with Crippen molar-refractivity contribution in [2.24, 2.45) is 0 Å². The summed E-state index contributed by atoms with van der Waals surface area (Å²) >= 11 is 0. The van der Waals surface area contributed by atoms with E-state index in [4.69, 9.17) is 0 Å². The molecular formula is C6H14N2O2. The van der Waals surface area contributed by atoms with Crippen molar-refractivity contribution in [3.63, 3.8) is 0 Å². The third-order valence-electron chi connectivity index (χ3n) is 1.06. The fourth-order valence-corrected chi connectivity index (χ4v) is 0.528. The topological polar surface area (TPSA) is 50.4 Å². The van der Waals surface area contributed by atoms with Crippen LogP contribution >= 0.6 is 0 Å². The number of rotatable bonds is 4. The van der Waals surface area contributed by atoms with Crippen LogP contribution in [0, 0.1) is 0 Å². The molecule has 0 bridgehead atoms. The second-order valence-corrected chi connectivity index (χ2v) is 1.88. The van der Waals surface area contributed by atoms with Gasteiger partial charge < -0.3 is 15.4 Å². The molecule has 0 atom stereocenters. The molecule has 0 saturated carbocycles. The second-order valence-electron chi connectivity index (χ2n) is 1.88. The van der Waals surface area contributed by atoms with E-state index < -0.39 is 0 Å². The highest BCUT2D eigenvalue weighted by molar-refractivity contribution is 5.66. The van der Waals surface area contributed by atoms with Crippen molar-refractivity contribution in [3.05, 3.63) is 0 Å². The lowest BCUT2D eigenvalue weighted by atomic mass is 10.4. The first-order valence-electron chi connectivity index (χ1n) is 3.27. The second kappa shape index (κ2) is 6.35. The summed E-state index contributed by atoms with van der Waals surface area (Å²) in [5.41, 5.74) is 0. The van der Waals surface area contributed by atoms with E-state index in [2.05, 4.69) is 15.4 Å². The molecule has 0 aromatic heterocycles. The predicted molar refractivity (Wildman–Crippen MR) is 39.0 cm³/mol. The number of amides is 1. The van der Waals surface area contributed by atoms with Crippen molar-refractivity contribution < 1.29 is 9.53 Å². The first-order valence-corrected chi connectivity index (χ1v) is 3.27. The number of hydrogen-bond acceptors (Lipinski definition) is 3. The summed E-state index contributed by atoms with van der Waals surface area (Å²) in [5.74, 6) is 0. The summed E-state index contributed by atoms with van der Waals surface area (Å²) < 4.78 is 4.36. The van der Waals surface area contributed by atoms with E-state index in [-0.39, 0.29) is 6.09 Å². The molecule has 10 heavy (non-hydrogen) atoms. The molecular weight excluding hydrogens is 132 g/mol. The summed E-state index contributed by atoms with van der Waals surface area (Å²) in [4.78, 5) is 10.4. The summed E-state index contributed by atoms with van der Waals surface area (Å²) in [6, 6.07) is 0. The Hall–Kier alpha value is -0.770. The van der Waals surface area contributed by atoms with Gasteiger partial charge in [0.15, 0.2) is 0 Å². The summed E-state index contributed by atoms with van der Waals surface area (Å²) in [5, 5.41) is 5.53. The van der Waals surface area contributed by atoms with Crippen LogP contribution in [0.1, 0.15) is 6.42 Å².